The van der Waals surface area contributed by atoms with Crippen LogP contribution in [-0.4, -0.2) is 26.3 Å². The maximum absolute atomic E-state index is 5.94. The molecule has 1 rings (SSSR count). The molecule has 0 unspecified atom stereocenters. The fraction of sp³-hybridized carbons (Fsp3) is 0.600. The van der Waals surface area contributed by atoms with Gasteiger partial charge in [-0.3, -0.25) is 0 Å². The zero-order chi connectivity index (χ0) is 14.3. The van der Waals surface area contributed by atoms with Crippen LogP contribution in [0.4, 0.5) is 0 Å². The van der Waals surface area contributed by atoms with Gasteiger partial charge in [0.1, 0.15) is 11.5 Å². The first kappa shape index (κ1) is 15.8. The molecular weight excluding hydrogens is 240 g/mol. The Balaban J connectivity index is 2.41. The Morgan fingerprint density at radius 1 is 1.21 bits per heavy atom. The quantitative estimate of drug-likeness (QED) is 0.709. The van der Waals surface area contributed by atoms with Gasteiger partial charge in [-0.05, 0) is 39.3 Å². The van der Waals surface area contributed by atoms with Crippen molar-refractivity contribution in [1.29, 1.82) is 0 Å². The van der Waals surface area contributed by atoms with Crippen LogP contribution in [0.25, 0.3) is 0 Å². The molecule has 19 heavy (non-hydrogen) atoms. The van der Waals surface area contributed by atoms with E-state index in [2.05, 4.69) is 19.2 Å². The van der Waals surface area contributed by atoms with Crippen LogP contribution in [0.2, 0.25) is 0 Å². The van der Waals surface area contributed by atoms with Crippen molar-refractivity contribution in [3.05, 3.63) is 23.8 Å². The summed E-state index contributed by atoms with van der Waals surface area (Å²) < 4.78 is 10.5. The van der Waals surface area contributed by atoms with E-state index < -0.39 is 0 Å². The number of hydrogen-bond donors (Lipinski definition) is 2. The Morgan fingerprint density at radius 3 is 2.53 bits per heavy atom. The van der Waals surface area contributed by atoms with E-state index >= 15 is 0 Å². The van der Waals surface area contributed by atoms with Gasteiger partial charge in [-0.25, -0.2) is 0 Å². The molecule has 4 nitrogen and oxygen atoms in total. The third kappa shape index (κ3) is 5.94. The van der Waals surface area contributed by atoms with Crippen LogP contribution in [0.3, 0.4) is 0 Å². The van der Waals surface area contributed by atoms with Crippen molar-refractivity contribution in [2.24, 2.45) is 5.73 Å². The van der Waals surface area contributed by atoms with Crippen molar-refractivity contribution in [2.75, 3.05) is 20.8 Å². The van der Waals surface area contributed by atoms with E-state index in [4.69, 9.17) is 15.2 Å². The molecule has 0 fully saturated rings. The average Bonchev–Trinajstić information content (AvgIpc) is 2.37. The van der Waals surface area contributed by atoms with Crippen LogP contribution < -0.4 is 20.5 Å². The lowest BCUT2D eigenvalue weighted by Gasteiger charge is -2.18. The third-order valence-electron chi connectivity index (χ3n) is 2.98. The molecule has 0 radical (unpaired) electrons. The van der Waals surface area contributed by atoms with Gasteiger partial charge >= 0.3 is 0 Å². The van der Waals surface area contributed by atoms with Crippen LogP contribution in [0.15, 0.2) is 18.2 Å². The van der Waals surface area contributed by atoms with Gasteiger partial charge in [0.15, 0.2) is 0 Å². The van der Waals surface area contributed by atoms with Gasteiger partial charge in [-0.1, -0.05) is 6.07 Å². The lowest BCUT2D eigenvalue weighted by molar-refractivity contribution is 0.389. The molecule has 0 saturated carbocycles. The lowest BCUT2D eigenvalue weighted by Crippen LogP contribution is -2.32. The fourth-order valence-corrected chi connectivity index (χ4v) is 1.89. The number of ether oxygens (including phenoxy) is 2. The van der Waals surface area contributed by atoms with Crippen molar-refractivity contribution in [1.82, 2.24) is 5.32 Å². The van der Waals surface area contributed by atoms with Crippen molar-refractivity contribution in [2.45, 2.75) is 38.8 Å². The zero-order valence-electron chi connectivity index (χ0n) is 12.5. The van der Waals surface area contributed by atoms with E-state index in [9.17, 15) is 0 Å². The van der Waals surface area contributed by atoms with E-state index in [-0.39, 0.29) is 5.54 Å². The molecule has 3 N–H and O–H groups in total. The molecule has 0 bridgehead atoms. The summed E-state index contributed by atoms with van der Waals surface area (Å²) >= 11 is 0. The number of hydrogen-bond acceptors (Lipinski definition) is 4. The van der Waals surface area contributed by atoms with Gasteiger partial charge in [-0.15, -0.1) is 0 Å². The Hall–Kier alpha value is -1.26. The van der Waals surface area contributed by atoms with Crippen molar-refractivity contribution >= 4 is 0 Å². The summed E-state index contributed by atoms with van der Waals surface area (Å²) in [7, 11) is 3.33. The summed E-state index contributed by atoms with van der Waals surface area (Å²) in [5.41, 5.74) is 7.00. The third-order valence-corrected chi connectivity index (χ3v) is 2.98. The molecule has 0 saturated heterocycles. The van der Waals surface area contributed by atoms with Gasteiger partial charge in [0.25, 0.3) is 0 Å². The van der Waals surface area contributed by atoms with E-state index in [0.29, 0.717) is 0 Å². The molecule has 108 valence electrons. The van der Waals surface area contributed by atoms with Crippen LogP contribution in [0.5, 0.6) is 11.5 Å². The summed E-state index contributed by atoms with van der Waals surface area (Å²) in [5.74, 6) is 1.66. The predicted molar refractivity (Wildman–Crippen MR) is 78.8 cm³/mol. The molecule has 0 aliphatic carbocycles. The average molecular weight is 266 g/mol. The topological polar surface area (TPSA) is 56.5 Å². The Labute approximate surface area is 116 Å². The first-order valence-corrected chi connectivity index (χ1v) is 6.67. The summed E-state index contributed by atoms with van der Waals surface area (Å²) in [6.07, 6.45) is 2.09. The summed E-state index contributed by atoms with van der Waals surface area (Å²) in [6.45, 7) is 5.85. The Kier molecular flexibility index (Phi) is 6.12. The van der Waals surface area contributed by atoms with Crippen LogP contribution in [0.1, 0.15) is 32.3 Å². The van der Waals surface area contributed by atoms with Crippen molar-refractivity contribution in [3.63, 3.8) is 0 Å². The minimum Gasteiger partial charge on any atom is -0.497 e. The molecule has 0 amide bonds. The molecule has 1 aromatic rings. The fourth-order valence-electron chi connectivity index (χ4n) is 1.89. The second-order valence-corrected chi connectivity index (χ2v) is 5.45. The van der Waals surface area contributed by atoms with Gasteiger partial charge in [0.05, 0.1) is 14.2 Å². The molecular formula is C15H26N2O2. The number of nitrogens with two attached hydrogens (primary N) is 1. The number of nitrogens with one attached hydrogen (secondary N) is 1. The van der Waals surface area contributed by atoms with E-state index in [1.165, 1.54) is 0 Å². The summed E-state index contributed by atoms with van der Waals surface area (Å²) in [6, 6.07) is 5.88. The normalized spacial score (nSPS) is 11.4. The predicted octanol–water partition coefficient (Wildman–Crippen LogP) is 2.31. The minimum atomic E-state index is -0.0838. The standard InChI is InChI=1S/C15H26N2O2/c1-15(2,16)8-5-9-17-11-12-6-7-13(18-3)10-14(12)19-4/h6-7,10,17H,5,8-9,11,16H2,1-4H3. The lowest BCUT2D eigenvalue weighted by atomic mass is 10.0. The second-order valence-electron chi connectivity index (χ2n) is 5.45. The van der Waals surface area contributed by atoms with E-state index in [0.717, 1.165) is 43.0 Å². The molecule has 0 atom stereocenters. The largest absolute Gasteiger partial charge is 0.497 e. The first-order valence-electron chi connectivity index (χ1n) is 6.67. The highest BCUT2D eigenvalue weighted by Crippen LogP contribution is 2.24. The van der Waals surface area contributed by atoms with Gasteiger partial charge in [0.2, 0.25) is 0 Å². The molecule has 0 spiro atoms. The highest BCUT2D eigenvalue weighted by Gasteiger charge is 2.09. The molecule has 0 aliphatic heterocycles. The molecule has 0 aromatic heterocycles. The monoisotopic (exact) mass is 266 g/mol. The Bertz CT molecular complexity index is 386. The smallest absolute Gasteiger partial charge is 0.127 e. The van der Waals surface area contributed by atoms with Crippen LogP contribution >= 0.6 is 0 Å². The summed E-state index contributed by atoms with van der Waals surface area (Å²) in [4.78, 5) is 0. The van der Waals surface area contributed by atoms with Crippen molar-refractivity contribution < 1.29 is 9.47 Å². The van der Waals surface area contributed by atoms with Crippen molar-refractivity contribution in [3.8, 4) is 11.5 Å². The highest BCUT2D eigenvalue weighted by molar-refractivity contribution is 5.40. The Morgan fingerprint density at radius 2 is 1.95 bits per heavy atom. The van der Waals surface area contributed by atoms with Crippen LogP contribution in [-0.2, 0) is 6.54 Å². The summed E-state index contributed by atoms with van der Waals surface area (Å²) in [5, 5.41) is 3.41. The molecule has 0 aliphatic rings. The van der Waals surface area contributed by atoms with E-state index in [1.54, 1.807) is 14.2 Å². The second kappa shape index (κ2) is 7.36. The van der Waals surface area contributed by atoms with Gasteiger partial charge in [-0.2, -0.15) is 0 Å². The first-order chi connectivity index (χ1) is 8.96. The molecule has 4 heteroatoms. The van der Waals surface area contributed by atoms with E-state index in [1.807, 2.05) is 18.2 Å². The minimum absolute atomic E-state index is 0.0838. The van der Waals surface area contributed by atoms with Gasteiger partial charge in [0, 0.05) is 23.7 Å². The SMILES string of the molecule is COc1ccc(CNCCCC(C)(C)N)c(OC)c1. The number of benzene rings is 1. The molecule has 1 aromatic carbocycles. The molecule has 0 heterocycles. The number of methoxy groups -OCH3 is 2. The highest BCUT2D eigenvalue weighted by atomic mass is 16.5. The maximum Gasteiger partial charge on any atom is 0.127 e. The number of rotatable bonds is 8. The van der Waals surface area contributed by atoms with Crippen LogP contribution in [0, 0.1) is 0 Å². The maximum atomic E-state index is 5.94. The zero-order valence-corrected chi connectivity index (χ0v) is 12.5. The van der Waals surface area contributed by atoms with Gasteiger partial charge < -0.3 is 20.5 Å².